The van der Waals surface area contributed by atoms with Crippen LogP contribution in [0.2, 0.25) is 0 Å². The van der Waals surface area contributed by atoms with Crippen LogP contribution in [0.1, 0.15) is 21.5 Å². The second-order valence-corrected chi connectivity index (χ2v) is 12.3. The first kappa shape index (κ1) is 29.9. The first-order valence-electron chi connectivity index (χ1n) is 14.4. The van der Waals surface area contributed by atoms with E-state index in [0.29, 0.717) is 40.2 Å². The van der Waals surface area contributed by atoms with Crippen molar-refractivity contribution >= 4 is 62.8 Å². The number of aromatic nitrogens is 1. The molecule has 1 aromatic heterocycles. The van der Waals surface area contributed by atoms with Gasteiger partial charge in [-0.25, -0.2) is 4.79 Å². The maximum atomic E-state index is 13.5. The number of benzene rings is 3. The van der Waals surface area contributed by atoms with Crippen LogP contribution in [-0.2, 0) is 16.0 Å². The third-order valence-corrected chi connectivity index (χ3v) is 9.16. The van der Waals surface area contributed by atoms with Gasteiger partial charge >= 0.3 is 5.97 Å². The van der Waals surface area contributed by atoms with Gasteiger partial charge in [-0.3, -0.25) is 14.6 Å². The van der Waals surface area contributed by atoms with Crippen molar-refractivity contribution in [1.29, 1.82) is 0 Å². The number of carboxylic acid groups (broad SMARTS) is 1. The normalized spacial score (nSPS) is 16.7. The number of hydrogen-bond acceptors (Lipinski definition) is 8. The molecule has 44 heavy (non-hydrogen) atoms. The zero-order valence-electron chi connectivity index (χ0n) is 24.0. The first-order chi connectivity index (χ1) is 21.4. The number of morpholine rings is 1. The molecular weight excluding hydrogens is 597 g/mol. The number of rotatable bonds is 10. The monoisotopic (exact) mass is 628 g/mol. The van der Waals surface area contributed by atoms with Crippen LogP contribution in [0.25, 0.3) is 28.1 Å². The number of nitrogens with one attached hydrogen (secondary N) is 1. The van der Waals surface area contributed by atoms with Gasteiger partial charge in [-0.05, 0) is 71.7 Å². The average molecular weight is 629 g/mol. The summed E-state index contributed by atoms with van der Waals surface area (Å²) < 4.78 is 12.2. The molecule has 2 aliphatic rings. The molecule has 0 radical (unpaired) electrons. The number of nitrogens with two attached hydrogens (primary N) is 1. The number of thiocarbonyl (C=S) groups is 1. The molecule has 11 heteroatoms. The third-order valence-electron chi connectivity index (χ3n) is 7.79. The molecule has 2 saturated heterocycles. The minimum atomic E-state index is -0.972. The summed E-state index contributed by atoms with van der Waals surface area (Å²) in [5, 5.41) is 10.2. The molecule has 1 amide bonds. The number of carbonyl (C=O) groups is 2. The SMILES string of the molecule is Nc1cc(-c2ccc(OCCN3CCOCC3)c(/C=C3\SC(=S)N(CCc4ccc(C(=O)O)cc4)C3=O)c2)cc2cc[nH]c12. The van der Waals surface area contributed by atoms with Crippen LogP contribution in [-0.4, -0.2) is 82.1 Å². The lowest BCUT2D eigenvalue weighted by Gasteiger charge is -2.26. The number of nitrogens with zero attached hydrogens (tertiary/aromatic N) is 2. The molecule has 4 N–H and O–H groups in total. The van der Waals surface area contributed by atoms with E-state index in [-0.39, 0.29) is 11.5 Å². The van der Waals surface area contributed by atoms with Crippen LogP contribution in [0.5, 0.6) is 5.75 Å². The molecule has 9 nitrogen and oxygen atoms in total. The van der Waals surface area contributed by atoms with E-state index >= 15 is 0 Å². The summed E-state index contributed by atoms with van der Waals surface area (Å²) in [5.74, 6) is -0.452. The Bertz CT molecular complexity index is 1740. The van der Waals surface area contributed by atoms with Crippen LogP contribution in [0, 0.1) is 0 Å². The van der Waals surface area contributed by atoms with Gasteiger partial charge in [-0.2, -0.15) is 0 Å². The van der Waals surface area contributed by atoms with Crippen molar-refractivity contribution in [3.8, 4) is 16.9 Å². The minimum Gasteiger partial charge on any atom is -0.492 e. The Kier molecular flexibility index (Phi) is 8.99. The average Bonchev–Trinajstić information content (AvgIpc) is 3.61. The van der Waals surface area contributed by atoms with Crippen molar-refractivity contribution in [2.45, 2.75) is 6.42 Å². The Morgan fingerprint density at radius 2 is 1.86 bits per heavy atom. The van der Waals surface area contributed by atoms with E-state index in [2.05, 4.69) is 16.0 Å². The van der Waals surface area contributed by atoms with Gasteiger partial charge in [0.15, 0.2) is 0 Å². The third kappa shape index (κ3) is 6.66. The van der Waals surface area contributed by atoms with Crippen LogP contribution >= 0.6 is 24.0 Å². The predicted octanol–water partition coefficient (Wildman–Crippen LogP) is 5.27. The summed E-state index contributed by atoms with van der Waals surface area (Å²) in [7, 11) is 0. The van der Waals surface area contributed by atoms with Gasteiger partial charge in [0, 0.05) is 43.3 Å². The molecule has 2 fully saturated rings. The molecule has 0 atom stereocenters. The zero-order chi connectivity index (χ0) is 30.6. The Hall–Kier alpha value is -4.16. The van der Waals surface area contributed by atoms with Crippen LogP contribution in [0.3, 0.4) is 0 Å². The van der Waals surface area contributed by atoms with Crippen molar-refractivity contribution in [2.75, 3.05) is 51.7 Å². The van der Waals surface area contributed by atoms with Crippen LogP contribution < -0.4 is 10.5 Å². The van der Waals surface area contributed by atoms with Crippen molar-refractivity contribution in [1.82, 2.24) is 14.8 Å². The lowest BCUT2D eigenvalue weighted by Crippen LogP contribution is -2.38. The highest BCUT2D eigenvalue weighted by Gasteiger charge is 2.32. The lowest BCUT2D eigenvalue weighted by molar-refractivity contribution is -0.122. The number of anilines is 1. The summed E-state index contributed by atoms with van der Waals surface area (Å²) >= 11 is 6.87. The van der Waals surface area contributed by atoms with Gasteiger partial charge in [0.2, 0.25) is 0 Å². The second kappa shape index (κ2) is 13.2. The Morgan fingerprint density at radius 3 is 2.64 bits per heavy atom. The molecular formula is C33H32N4O5S2. The molecule has 4 aromatic rings. The maximum Gasteiger partial charge on any atom is 0.335 e. The van der Waals surface area contributed by atoms with E-state index in [4.69, 9.17) is 32.5 Å². The summed E-state index contributed by atoms with van der Waals surface area (Å²) in [4.78, 5) is 32.3. The second-order valence-electron chi connectivity index (χ2n) is 10.6. The molecule has 3 heterocycles. The summed E-state index contributed by atoms with van der Waals surface area (Å²) in [6.07, 6.45) is 4.27. The maximum absolute atomic E-state index is 13.5. The van der Waals surface area contributed by atoms with Gasteiger partial charge in [0.25, 0.3) is 5.91 Å². The van der Waals surface area contributed by atoms with Gasteiger partial charge in [0.1, 0.15) is 16.7 Å². The number of nitrogen functional groups attached to an aromatic ring is 1. The summed E-state index contributed by atoms with van der Waals surface area (Å²) in [5.41, 5.74) is 11.7. The van der Waals surface area contributed by atoms with Crippen LogP contribution in [0.15, 0.2) is 71.8 Å². The molecule has 0 unspecified atom stereocenters. The van der Waals surface area contributed by atoms with E-state index in [1.807, 2.05) is 42.6 Å². The Balaban J connectivity index is 1.24. The fourth-order valence-corrected chi connectivity index (χ4v) is 6.64. The number of H-pyrrole nitrogens is 1. The molecule has 226 valence electrons. The molecule has 0 bridgehead atoms. The molecule has 6 rings (SSSR count). The quantitative estimate of drug-likeness (QED) is 0.123. The van der Waals surface area contributed by atoms with E-state index in [1.165, 1.54) is 11.8 Å². The predicted molar refractivity (Wildman–Crippen MR) is 178 cm³/mol. The number of carbonyl (C=O) groups excluding carboxylic acids is 1. The highest BCUT2D eigenvalue weighted by molar-refractivity contribution is 8.26. The Labute approximate surface area is 264 Å². The fourth-order valence-electron chi connectivity index (χ4n) is 5.34. The number of amides is 1. The number of carboxylic acids is 1. The topological polar surface area (TPSA) is 121 Å². The molecule has 0 spiro atoms. The van der Waals surface area contributed by atoms with Crippen molar-refractivity contribution < 1.29 is 24.2 Å². The molecule has 3 aromatic carbocycles. The smallest absolute Gasteiger partial charge is 0.335 e. The van der Waals surface area contributed by atoms with E-state index in [0.717, 1.165) is 66.0 Å². The first-order valence-corrected chi connectivity index (χ1v) is 15.6. The zero-order valence-corrected chi connectivity index (χ0v) is 25.6. The van der Waals surface area contributed by atoms with E-state index in [1.54, 1.807) is 29.2 Å². The van der Waals surface area contributed by atoms with Gasteiger partial charge in [-0.15, -0.1) is 0 Å². The number of aromatic amines is 1. The van der Waals surface area contributed by atoms with Gasteiger partial charge in [-0.1, -0.05) is 42.2 Å². The Morgan fingerprint density at radius 1 is 1.07 bits per heavy atom. The van der Waals surface area contributed by atoms with E-state index in [9.17, 15) is 9.59 Å². The molecule has 0 aliphatic carbocycles. The van der Waals surface area contributed by atoms with Crippen molar-refractivity contribution in [3.63, 3.8) is 0 Å². The number of aromatic carboxylic acids is 1. The largest absolute Gasteiger partial charge is 0.492 e. The van der Waals surface area contributed by atoms with Gasteiger partial charge < -0.3 is 25.3 Å². The highest BCUT2D eigenvalue weighted by atomic mass is 32.2. The lowest BCUT2D eigenvalue weighted by atomic mass is 10.00. The minimum absolute atomic E-state index is 0.162. The van der Waals surface area contributed by atoms with Crippen molar-refractivity contribution in [2.24, 2.45) is 0 Å². The number of thioether (sulfide) groups is 1. The van der Waals surface area contributed by atoms with Gasteiger partial charge in [0.05, 0.1) is 34.9 Å². The summed E-state index contributed by atoms with van der Waals surface area (Å²) in [6.45, 7) is 4.89. The van der Waals surface area contributed by atoms with E-state index < -0.39 is 5.97 Å². The number of ether oxygens (including phenoxy) is 2. The summed E-state index contributed by atoms with van der Waals surface area (Å²) in [6, 6.07) is 18.7. The van der Waals surface area contributed by atoms with Crippen LogP contribution in [0.4, 0.5) is 5.69 Å². The molecule has 0 saturated carbocycles. The number of fused-ring (bicyclic) bond motifs is 1. The fraction of sp³-hybridized carbons (Fsp3) is 0.242. The molecule has 2 aliphatic heterocycles. The van der Waals surface area contributed by atoms with Crippen molar-refractivity contribution in [3.05, 3.63) is 88.5 Å². The number of hydrogen-bond donors (Lipinski definition) is 3. The highest BCUT2D eigenvalue weighted by Crippen LogP contribution is 2.37. The standard InChI is InChI=1S/C33H32N4O5S2/c34-27-19-25(18-24-7-9-35-30(24)27)23-5-6-28(42-16-13-36-11-14-41-15-12-36)26(17-23)20-29-31(38)37(33(43)44-29)10-8-21-1-3-22(4-2-21)32(39)40/h1-7,9,17-20,35H,8,10-16,34H2,(H,39,40)/b29-20-.